The van der Waals surface area contributed by atoms with Crippen LogP contribution in [0.1, 0.15) is 35.4 Å². The van der Waals surface area contributed by atoms with Gasteiger partial charge in [0.1, 0.15) is 0 Å². The maximum Gasteiger partial charge on any atom is 0.261 e. The molecule has 0 radical (unpaired) electrons. The van der Waals surface area contributed by atoms with E-state index in [0.717, 1.165) is 27.8 Å². The number of carbonyl (C=O) groups is 1. The topological polar surface area (TPSA) is 49.3 Å². The van der Waals surface area contributed by atoms with E-state index in [0.29, 0.717) is 18.4 Å². The molecule has 3 rings (SSSR count). The van der Waals surface area contributed by atoms with Crippen molar-refractivity contribution in [2.24, 2.45) is 11.8 Å². The molecule has 2 aromatic rings. The Balaban J connectivity index is 1.63. The molecule has 2 unspecified atom stereocenters. The number of thiophene rings is 1. The zero-order valence-electron chi connectivity index (χ0n) is 12.0. The van der Waals surface area contributed by atoms with E-state index in [2.05, 4.69) is 5.32 Å². The first-order valence-electron chi connectivity index (χ1n) is 7.65. The van der Waals surface area contributed by atoms with Gasteiger partial charge in [-0.3, -0.25) is 4.79 Å². The molecule has 1 fully saturated rings. The van der Waals surface area contributed by atoms with Gasteiger partial charge in [-0.15, -0.1) is 11.3 Å². The molecule has 2 atom stereocenters. The molecule has 1 aliphatic carbocycles. The van der Waals surface area contributed by atoms with Crippen LogP contribution in [0.4, 0.5) is 0 Å². The van der Waals surface area contributed by atoms with Gasteiger partial charge in [0.05, 0.1) is 4.88 Å². The minimum atomic E-state index is 0.0125. The van der Waals surface area contributed by atoms with Crippen molar-refractivity contribution in [1.29, 1.82) is 0 Å². The summed E-state index contributed by atoms with van der Waals surface area (Å²) in [7, 11) is 0. The van der Waals surface area contributed by atoms with Gasteiger partial charge in [-0.25, -0.2) is 0 Å². The van der Waals surface area contributed by atoms with Crippen molar-refractivity contribution in [3.8, 4) is 0 Å². The van der Waals surface area contributed by atoms with E-state index in [1.807, 2.05) is 30.3 Å². The van der Waals surface area contributed by atoms with Gasteiger partial charge in [-0.1, -0.05) is 31.0 Å². The number of nitrogens with one attached hydrogen (secondary N) is 1. The van der Waals surface area contributed by atoms with Crippen LogP contribution in [0, 0.1) is 11.8 Å². The largest absolute Gasteiger partial charge is 0.396 e. The summed E-state index contributed by atoms with van der Waals surface area (Å²) in [5, 5.41) is 13.6. The molecule has 1 saturated carbocycles. The Morgan fingerprint density at radius 1 is 1.24 bits per heavy atom. The van der Waals surface area contributed by atoms with Crippen molar-refractivity contribution in [2.45, 2.75) is 25.7 Å². The minimum Gasteiger partial charge on any atom is -0.396 e. The summed E-state index contributed by atoms with van der Waals surface area (Å²) >= 11 is 1.54. The molecule has 1 aromatic heterocycles. The lowest BCUT2D eigenvalue weighted by molar-refractivity contribution is 0.0913. The van der Waals surface area contributed by atoms with Crippen LogP contribution in [-0.4, -0.2) is 24.2 Å². The van der Waals surface area contributed by atoms with Gasteiger partial charge in [0.15, 0.2) is 0 Å². The predicted molar refractivity (Wildman–Crippen MR) is 86.7 cm³/mol. The van der Waals surface area contributed by atoms with Gasteiger partial charge in [-0.2, -0.15) is 0 Å². The highest BCUT2D eigenvalue weighted by atomic mass is 32.1. The smallest absolute Gasteiger partial charge is 0.261 e. The van der Waals surface area contributed by atoms with Crippen LogP contribution in [0.2, 0.25) is 0 Å². The highest BCUT2D eigenvalue weighted by Crippen LogP contribution is 2.29. The molecule has 0 bridgehead atoms. The number of hydrogen-bond donors (Lipinski definition) is 2. The van der Waals surface area contributed by atoms with Gasteiger partial charge in [0, 0.05) is 17.9 Å². The molecule has 1 aliphatic rings. The number of benzene rings is 1. The van der Waals surface area contributed by atoms with E-state index in [1.165, 1.54) is 24.2 Å². The molecule has 4 heteroatoms. The molecule has 1 amide bonds. The van der Waals surface area contributed by atoms with E-state index in [9.17, 15) is 9.90 Å². The lowest BCUT2D eigenvalue weighted by Crippen LogP contribution is -2.35. The van der Waals surface area contributed by atoms with Crippen molar-refractivity contribution in [3.05, 3.63) is 35.2 Å². The molecular formula is C17H21NO2S. The third-order valence-corrected chi connectivity index (χ3v) is 5.59. The molecule has 0 aliphatic heterocycles. The predicted octanol–water partition coefficient (Wildman–Crippen LogP) is 3.43. The van der Waals surface area contributed by atoms with Crippen molar-refractivity contribution in [3.63, 3.8) is 0 Å². The third-order valence-electron chi connectivity index (χ3n) is 4.48. The summed E-state index contributed by atoms with van der Waals surface area (Å²) < 4.78 is 1.15. The third kappa shape index (κ3) is 3.27. The first kappa shape index (κ1) is 14.5. The SMILES string of the molecule is O=C(NCC1CCCCC1CO)c1cc2ccccc2s1. The van der Waals surface area contributed by atoms with Crippen LogP contribution in [0.15, 0.2) is 30.3 Å². The molecule has 21 heavy (non-hydrogen) atoms. The van der Waals surface area contributed by atoms with Crippen molar-refractivity contribution in [2.75, 3.05) is 13.2 Å². The van der Waals surface area contributed by atoms with Crippen LogP contribution in [0.3, 0.4) is 0 Å². The molecular weight excluding hydrogens is 282 g/mol. The summed E-state index contributed by atoms with van der Waals surface area (Å²) in [5.74, 6) is 0.780. The zero-order valence-corrected chi connectivity index (χ0v) is 12.9. The normalized spacial score (nSPS) is 22.3. The number of aliphatic hydroxyl groups is 1. The Bertz CT molecular complexity index is 589. The summed E-state index contributed by atoms with van der Waals surface area (Å²) in [6.45, 7) is 0.918. The highest BCUT2D eigenvalue weighted by Gasteiger charge is 2.25. The Kier molecular flexibility index (Phi) is 4.56. The number of carbonyl (C=O) groups excluding carboxylic acids is 1. The zero-order chi connectivity index (χ0) is 14.7. The van der Waals surface area contributed by atoms with Gasteiger partial charge in [0.25, 0.3) is 5.91 Å². The van der Waals surface area contributed by atoms with Crippen molar-refractivity contribution < 1.29 is 9.90 Å². The second-order valence-corrected chi connectivity index (χ2v) is 6.93. The van der Waals surface area contributed by atoms with E-state index in [1.54, 1.807) is 0 Å². The second-order valence-electron chi connectivity index (χ2n) is 5.85. The Labute approximate surface area is 129 Å². The number of aliphatic hydroxyl groups excluding tert-OH is 1. The van der Waals surface area contributed by atoms with E-state index in [4.69, 9.17) is 0 Å². The van der Waals surface area contributed by atoms with Crippen molar-refractivity contribution in [1.82, 2.24) is 5.32 Å². The van der Waals surface area contributed by atoms with Gasteiger partial charge in [0.2, 0.25) is 0 Å². The van der Waals surface area contributed by atoms with Crippen LogP contribution in [-0.2, 0) is 0 Å². The van der Waals surface area contributed by atoms with Crippen LogP contribution in [0.25, 0.3) is 10.1 Å². The van der Waals surface area contributed by atoms with E-state index >= 15 is 0 Å². The number of rotatable bonds is 4. The Hall–Kier alpha value is -1.39. The monoisotopic (exact) mass is 303 g/mol. The minimum absolute atomic E-state index is 0.0125. The van der Waals surface area contributed by atoms with Gasteiger partial charge in [-0.05, 0) is 42.2 Å². The molecule has 0 spiro atoms. The first-order chi connectivity index (χ1) is 10.3. The van der Waals surface area contributed by atoms with Crippen LogP contribution < -0.4 is 5.32 Å². The lowest BCUT2D eigenvalue weighted by atomic mass is 9.79. The fourth-order valence-corrected chi connectivity index (χ4v) is 4.18. The fraction of sp³-hybridized carbons (Fsp3) is 0.471. The standard InChI is InChI=1S/C17H21NO2S/c19-11-14-7-2-1-6-13(14)10-18-17(20)16-9-12-5-3-4-8-15(12)21-16/h3-5,8-9,13-14,19H,1-2,6-7,10-11H2,(H,18,20). The average molecular weight is 303 g/mol. The summed E-state index contributed by atoms with van der Waals surface area (Å²) in [4.78, 5) is 13.1. The Morgan fingerprint density at radius 2 is 2.00 bits per heavy atom. The fourth-order valence-electron chi connectivity index (χ4n) is 3.20. The summed E-state index contributed by atoms with van der Waals surface area (Å²) in [5.41, 5.74) is 0. The van der Waals surface area contributed by atoms with Gasteiger partial charge >= 0.3 is 0 Å². The van der Waals surface area contributed by atoms with E-state index in [-0.39, 0.29) is 12.5 Å². The quantitative estimate of drug-likeness (QED) is 0.909. The summed E-state index contributed by atoms with van der Waals surface area (Å²) in [6.07, 6.45) is 4.60. The Morgan fingerprint density at radius 3 is 2.76 bits per heavy atom. The second kappa shape index (κ2) is 6.58. The molecule has 2 N–H and O–H groups in total. The molecule has 1 aromatic carbocycles. The number of amides is 1. The summed E-state index contributed by atoms with van der Waals surface area (Å²) in [6, 6.07) is 10.0. The maximum absolute atomic E-state index is 12.3. The number of hydrogen-bond acceptors (Lipinski definition) is 3. The molecule has 0 saturated heterocycles. The lowest BCUT2D eigenvalue weighted by Gasteiger charge is -2.30. The van der Waals surface area contributed by atoms with Crippen LogP contribution >= 0.6 is 11.3 Å². The average Bonchev–Trinajstić information content (AvgIpc) is 2.97. The number of fused-ring (bicyclic) bond motifs is 1. The van der Waals surface area contributed by atoms with Crippen LogP contribution in [0.5, 0.6) is 0 Å². The van der Waals surface area contributed by atoms with Gasteiger partial charge < -0.3 is 10.4 Å². The molecule has 3 nitrogen and oxygen atoms in total. The molecule has 1 heterocycles. The maximum atomic E-state index is 12.3. The highest BCUT2D eigenvalue weighted by molar-refractivity contribution is 7.20. The molecule has 112 valence electrons. The van der Waals surface area contributed by atoms with E-state index < -0.39 is 0 Å². The van der Waals surface area contributed by atoms with Crippen molar-refractivity contribution >= 4 is 27.3 Å². The first-order valence-corrected chi connectivity index (χ1v) is 8.47.